The van der Waals surface area contributed by atoms with Crippen LogP contribution in [0.15, 0.2) is 41.0 Å². The fourth-order valence-corrected chi connectivity index (χ4v) is 2.05. The molecule has 3 rings (SSSR count). The molecule has 1 aromatic carbocycles. The van der Waals surface area contributed by atoms with Crippen LogP contribution < -0.4 is 14.8 Å². The first-order chi connectivity index (χ1) is 12.6. The van der Waals surface area contributed by atoms with Crippen molar-refractivity contribution in [1.29, 1.82) is 0 Å². The maximum absolute atomic E-state index is 11.9. The Kier molecular flexibility index (Phi) is 4.78. The lowest BCUT2D eigenvalue weighted by molar-refractivity contribution is -0.385. The van der Waals surface area contributed by atoms with E-state index in [1.165, 1.54) is 31.6 Å². The van der Waals surface area contributed by atoms with Crippen molar-refractivity contribution in [3.63, 3.8) is 0 Å². The smallest absolute Gasteiger partial charge is 0.311 e. The Hall–Kier alpha value is -3.89. The summed E-state index contributed by atoms with van der Waals surface area (Å²) < 4.78 is 15.4. The molecule has 0 aliphatic carbocycles. The van der Waals surface area contributed by atoms with E-state index in [-0.39, 0.29) is 29.7 Å². The molecular weight excluding hydrogens is 346 g/mol. The van der Waals surface area contributed by atoms with Gasteiger partial charge in [0.25, 0.3) is 5.91 Å². The standard InChI is InChI=1S/C15H13N5O6/c1-24-12-7-9(4-5-10(12)20(22)23)26-8-13(21)16-15-17-14(18-19-15)11-3-2-6-25-11/h2-7H,8H2,1H3,(H2,16,17,18,19,21). The molecule has 2 N–H and O–H groups in total. The van der Waals surface area contributed by atoms with E-state index < -0.39 is 10.8 Å². The predicted molar refractivity (Wildman–Crippen MR) is 87.9 cm³/mol. The molecule has 0 saturated carbocycles. The van der Waals surface area contributed by atoms with Gasteiger partial charge in [-0.25, -0.2) is 0 Å². The zero-order valence-corrected chi connectivity index (χ0v) is 13.5. The van der Waals surface area contributed by atoms with Gasteiger partial charge in [-0.15, -0.1) is 5.10 Å². The number of nitro benzene ring substituents is 1. The molecule has 134 valence electrons. The number of amides is 1. The summed E-state index contributed by atoms with van der Waals surface area (Å²) in [6.45, 7) is -0.342. The third-order valence-corrected chi connectivity index (χ3v) is 3.21. The minimum absolute atomic E-state index is 0.0324. The van der Waals surface area contributed by atoms with Crippen LogP contribution in [-0.4, -0.2) is 39.7 Å². The Bertz CT molecular complexity index is 921. The van der Waals surface area contributed by atoms with E-state index in [9.17, 15) is 14.9 Å². The second-order valence-corrected chi connectivity index (χ2v) is 4.91. The van der Waals surface area contributed by atoms with Crippen molar-refractivity contribution >= 4 is 17.5 Å². The van der Waals surface area contributed by atoms with Crippen LogP contribution in [0.3, 0.4) is 0 Å². The first-order valence-corrected chi connectivity index (χ1v) is 7.28. The van der Waals surface area contributed by atoms with Crippen LogP contribution in [0.1, 0.15) is 0 Å². The topological polar surface area (TPSA) is 145 Å². The van der Waals surface area contributed by atoms with E-state index in [0.717, 1.165) is 0 Å². The number of aromatic amines is 1. The lowest BCUT2D eigenvalue weighted by atomic mass is 10.3. The molecule has 0 saturated heterocycles. The number of ether oxygens (including phenoxy) is 2. The molecular formula is C15H13N5O6. The van der Waals surface area contributed by atoms with Crippen LogP contribution >= 0.6 is 0 Å². The highest BCUT2D eigenvalue weighted by atomic mass is 16.6. The highest BCUT2D eigenvalue weighted by Crippen LogP contribution is 2.30. The second kappa shape index (κ2) is 7.34. The van der Waals surface area contributed by atoms with Gasteiger partial charge in [-0.1, -0.05) is 0 Å². The Morgan fingerprint density at radius 3 is 2.96 bits per heavy atom. The van der Waals surface area contributed by atoms with Gasteiger partial charge in [0.05, 0.1) is 18.3 Å². The summed E-state index contributed by atoms with van der Waals surface area (Å²) in [6, 6.07) is 7.32. The molecule has 0 aliphatic heterocycles. The molecule has 0 bridgehead atoms. The van der Waals surface area contributed by atoms with E-state index in [2.05, 4.69) is 20.5 Å². The number of nitrogens with zero attached hydrogens (tertiary/aromatic N) is 3. The van der Waals surface area contributed by atoms with Crippen molar-refractivity contribution in [2.75, 3.05) is 19.0 Å². The van der Waals surface area contributed by atoms with Crippen LogP contribution in [0.5, 0.6) is 11.5 Å². The van der Waals surface area contributed by atoms with Crippen LogP contribution in [-0.2, 0) is 4.79 Å². The van der Waals surface area contributed by atoms with Crippen molar-refractivity contribution in [2.45, 2.75) is 0 Å². The summed E-state index contributed by atoms with van der Waals surface area (Å²) in [5.41, 5.74) is -0.199. The van der Waals surface area contributed by atoms with Gasteiger partial charge >= 0.3 is 5.69 Å². The summed E-state index contributed by atoms with van der Waals surface area (Å²) in [5, 5.41) is 19.8. The monoisotopic (exact) mass is 359 g/mol. The number of nitrogens with one attached hydrogen (secondary N) is 2. The van der Waals surface area contributed by atoms with Crippen molar-refractivity contribution < 1.29 is 23.6 Å². The van der Waals surface area contributed by atoms with Gasteiger partial charge in [0.15, 0.2) is 18.2 Å². The Balaban J connectivity index is 1.58. The quantitative estimate of drug-likeness (QED) is 0.481. The number of furan rings is 1. The van der Waals surface area contributed by atoms with E-state index in [1.54, 1.807) is 12.1 Å². The molecule has 0 aliphatic rings. The summed E-state index contributed by atoms with van der Waals surface area (Å²) in [7, 11) is 1.30. The average Bonchev–Trinajstić information content (AvgIpc) is 3.31. The molecule has 11 nitrogen and oxygen atoms in total. The number of carbonyl (C=O) groups excluding carboxylic acids is 1. The van der Waals surface area contributed by atoms with Crippen molar-refractivity contribution in [3.05, 3.63) is 46.7 Å². The SMILES string of the molecule is COc1cc(OCC(=O)Nc2n[nH]c(-c3ccco3)n2)ccc1[N+](=O)[O-]. The summed E-state index contributed by atoms with van der Waals surface area (Å²) in [5.74, 6) is 0.677. The van der Waals surface area contributed by atoms with Crippen molar-refractivity contribution in [2.24, 2.45) is 0 Å². The maximum atomic E-state index is 11.9. The van der Waals surface area contributed by atoms with Crippen LogP contribution in [0.25, 0.3) is 11.6 Å². The molecule has 3 aromatic rings. The summed E-state index contributed by atoms with van der Waals surface area (Å²) in [6.07, 6.45) is 1.49. The van der Waals surface area contributed by atoms with Gasteiger partial charge in [0, 0.05) is 12.1 Å². The fourth-order valence-electron chi connectivity index (χ4n) is 2.05. The molecule has 2 aromatic heterocycles. The molecule has 0 unspecified atom stereocenters. The molecule has 0 fully saturated rings. The van der Waals surface area contributed by atoms with Gasteiger partial charge in [-0.3, -0.25) is 25.3 Å². The number of nitro groups is 1. The first-order valence-electron chi connectivity index (χ1n) is 7.28. The number of hydrogen-bond donors (Lipinski definition) is 2. The fraction of sp³-hybridized carbons (Fsp3) is 0.133. The number of rotatable bonds is 7. The molecule has 11 heteroatoms. The van der Waals surface area contributed by atoms with Gasteiger partial charge < -0.3 is 13.9 Å². The summed E-state index contributed by atoms with van der Waals surface area (Å²) in [4.78, 5) is 26.3. The van der Waals surface area contributed by atoms with Gasteiger partial charge in [0.2, 0.25) is 11.7 Å². The number of benzene rings is 1. The number of anilines is 1. The van der Waals surface area contributed by atoms with Gasteiger partial charge in [0.1, 0.15) is 5.75 Å². The second-order valence-electron chi connectivity index (χ2n) is 4.91. The number of carbonyl (C=O) groups is 1. The van der Waals surface area contributed by atoms with E-state index in [4.69, 9.17) is 13.9 Å². The number of methoxy groups -OCH3 is 1. The molecule has 0 spiro atoms. The predicted octanol–water partition coefficient (Wildman–Crippen LogP) is 2.00. The lowest BCUT2D eigenvalue weighted by Crippen LogP contribution is -2.20. The average molecular weight is 359 g/mol. The van der Waals surface area contributed by atoms with Crippen LogP contribution in [0.4, 0.5) is 11.6 Å². The minimum Gasteiger partial charge on any atom is -0.490 e. The number of aromatic nitrogens is 3. The molecule has 26 heavy (non-hydrogen) atoms. The minimum atomic E-state index is -0.574. The molecule has 0 radical (unpaired) electrons. The first kappa shape index (κ1) is 17.0. The van der Waals surface area contributed by atoms with Crippen LogP contribution in [0.2, 0.25) is 0 Å². The molecule has 0 atom stereocenters. The number of H-pyrrole nitrogens is 1. The van der Waals surface area contributed by atoms with E-state index >= 15 is 0 Å². The zero-order chi connectivity index (χ0) is 18.5. The Morgan fingerprint density at radius 1 is 1.42 bits per heavy atom. The molecule has 2 heterocycles. The van der Waals surface area contributed by atoms with E-state index in [1.807, 2.05) is 0 Å². The van der Waals surface area contributed by atoms with E-state index in [0.29, 0.717) is 11.6 Å². The Morgan fingerprint density at radius 2 is 2.27 bits per heavy atom. The third-order valence-electron chi connectivity index (χ3n) is 3.21. The van der Waals surface area contributed by atoms with Crippen molar-refractivity contribution in [1.82, 2.24) is 15.2 Å². The lowest BCUT2D eigenvalue weighted by Gasteiger charge is -2.07. The van der Waals surface area contributed by atoms with Crippen LogP contribution in [0, 0.1) is 10.1 Å². The highest BCUT2D eigenvalue weighted by molar-refractivity contribution is 5.90. The Labute approximate surface area is 146 Å². The highest BCUT2D eigenvalue weighted by Gasteiger charge is 2.16. The third kappa shape index (κ3) is 3.77. The molecule has 1 amide bonds. The zero-order valence-electron chi connectivity index (χ0n) is 13.5. The summed E-state index contributed by atoms with van der Waals surface area (Å²) >= 11 is 0. The maximum Gasteiger partial charge on any atom is 0.311 e. The normalized spacial score (nSPS) is 10.3. The van der Waals surface area contributed by atoms with Gasteiger partial charge in [-0.2, -0.15) is 4.98 Å². The van der Waals surface area contributed by atoms with Crippen molar-refractivity contribution in [3.8, 4) is 23.1 Å². The van der Waals surface area contributed by atoms with Gasteiger partial charge in [-0.05, 0) is 18.2 Å². The largest absolute Gasteiger partial charge is 0.490 e. The number of hydrogen-bond acceptors (Lipinski definition) is 8.